The minimum Gasteiger partial charge on any atom is -0.505 e. The third-order valence-corrected chi connectivity index (χ3v) is 12.7. The first kappa shape index (κ1) is 48.1. The molecular weight excluding hydrogens is 789 g/mol. The lowest BCUT2D eigenvalue weighted by molar-refractivity contribution is -0.143. The van der Waals surface area contributed by atoms with E-state index >= 15 is 0 Å². The summed E-state index contributed by atoms with van der Waals surface area (Å²) in [6, 6.07) is 3.01. The number of nitrogens with zero attached hydrogens (tertiary/aromatic N) is 7. The number of nitrogens with two attached hydrogens (primary N) is 1. The van der Waals surface area contributed by atoms with Crippen molar-refractivity contribution >= 4 is 58.0 Å². The SMILES string of the molecule is CCCCCCCCCCCCN(CC(=O)N(CC(N)=O)C1CCCCC1)C(=O)CNC(C)(C)C(C)(C)c1nnc2n1N=C(C(C)(C)C)C2=Nc1cc(Cl)c(O)c(Cl)c1. The highest BCUT2D eigenvalue weighted by molar-refractivity contribution is 6.50. The second-order valence-electron chi connectivity index (χ2n) is 18.5. The highest BCUT2D eigenvalue weighted by Crippen LogP contribution is 2.39. The van der Waals surface area contributed by atoms with E-state index < -0.39 is 22.3 Å². The molecule has 1 fully saturated rings. The van der Waals surface area contributed by atoms with Crippen LogP contribution in [0.15, 0.2) is 22.2 Å². The maximum atomic E-state index is 14.2. The Hall–Kier alpha value is -3.55. The van der Waals surface area contributed by atoms with E-state index in [0.717, 1.165) is 51.4 Å². The molecule has 328 valence electrons. The molecule has 0 spiro atoms. The third kappa shape index (κ3) is 12.7. The van der Waals surface area contributed by atoms with Crippen molar-refractivity contribution in [3.8, 4) is 5.75 Å². The van der Waals surface area contributed by atoms with Crippen LogP contribution in [0.3, 0.4) is 0 Å². The van der Waals surface area contributed by atoms with E-state index in [1.807, 2.05) is 48.5 Å². The summed E-state index contributed by atoms with van der Waals surface area (Å²) in [5.74, 6) is -0.180. The molecule has 59 heavy (non-hydrogen) atoms. The van der Waals surface area contributed by atoms with Gasteiger partial charge in [-0.1, -0.05) is 142 Å². The summed E-state index contributed by atoms with van der Waals surface area (Å²) in [5.41, 5.74) is 5.37. The van der Waals surface area contributed by atoms with Gasteiger partial charge < -0.3 is 26.0 Å². The van der Waals surface area contributed by atoms with Gasteiger partial charge >= 0.3 is 0 Å². The topological polar surface area (TPSA) is 171 Å². The van der Waals surface area contributed by atoms with Crippen molar-refractivity contribution in [2.45, 2.75) is 169 Å². The predicted octanol–water partition coefficient (Wildman–Crippen LogP) is 8.72. The second kappa shape index (κ2) is 21.3. The number of hydrogen-bond donors (Lipinski definition) is 3. The molecule has 15 heteroatoms. The molecule has 0 saturated heterocycles. The molecule has 4 N–H and O–H groups in total. The number of unbranched alkanes of at least 4 members (excludes halogenated alkanes) is 9. The highest BCUT2D eigenvalue weighted by Gasteiger charge is 2.46. The summed E-state index contributed by atoms with van der Waals surface area (Å²) in [6.45, 7) is 16.6. The molecule has 1 aromatic heterocycles. The van der Waals surface area contributed by atoms with Gasteiger partial charge in [-0.2, -0.15) is 9.78 Å². The fourth-order valence-electron chi connectivity index (χ4n) is 7.75. The van der Waals surface area contributed by atoms with Crippen LogP contribution in [0.2, 0.25) is 10.0 Å². The maximum absolute atomic E-state index is 14.2. The van der Waals surface area contributed by atoms with Crippen molar-refractivity contribution in [2.24, 2.45) is 21.2 Å². The van der Waals surface area contributed by atoms with Crippen LogP contribution in [0, 0.1) is 5.41 Å². The van der Waals surface area contributed by atoms with Crippen LogP contribution in [0.4, 0.5) is 5.69 Å². The Morgan fingerprint density at radius 3 is 2.00 bits per heavy atom. The van der Waals surface area contributed by atoms with Crippen molar-refractivity contribution in [1.29, 1.82) is 0 Å². The Morgan fingerprint density at radius 2 is 1.44 bits per heavy atom. The van der Waals surface area contributed by atoms with Crippen LogP contribution < -0.4 is 11.1 Å². The highest BCUT2D eigenvalue weighted by atomic mass is 35.5. The average Bonchev–Trinajstić information content (AvgIpc) is 3.76. The van der Waals surface area contributed by atoms with Crippen LogP contribution in [0.25, 0.3) is 0 Å². The number of hydrogen-bond acceptors (Lipinski definition) is 9. The summed E-state index contributed by atoms with van der Waals surface area (Å²) in [5, 5.41) is 28.0. The number of amides is 3. The van der Waals surface area contributed by atoms with E-state index in [4.69, 9.17) is 39.0 Å². The van der Waals surface area contributed by atoms with Crippen LogP contribution in [0.1, 0.15) is 163 Å². The predicted molar refractivity (Wildman–Crippen MR) is 238 cm³/mol. The molecule has 0 radical (unpaired) electrons. The number of rotatable bonds is 22. The minimum absolute atomic E-state index is 0.0205. The zero-order valence-electron chi connectivity index (χ0n) is 36.8. The summed E-state index contributed by atoms with van der Waals surface area (Å²) >= 11 is 12.5. The molecule has 0 bridgehead atoms. The number of nitrogens with one attached hydrogen (secondary N) is 1. The van der Waals surface area contributed by atoms with E-state index in [1.54, 1.807) is 14.5 Å². The summed E-state index contributed by atoms with van der Waals surface area (Å²) in [7, 11) is 0. The monoisotopic (exact) mass is 857 g/mol. The largest absolute Gasteiger partial charge is 0.505 e. The fourth-order valence-corrected chi connectivity index (χ4v) is 8.22. The summed E-state index contributed by atoms with van der Waals surface area (Å²) < 4.78 is 1.71. The molecule has 1 aliphatic carbocycles. The Morgan fingerprint density at radius 1 is 0.864 bits per heavy atom. The van der Waals surface area contributed by atoms with E-state index in [-0.39, 0.29) is 53.3 Å². The van der Waals surface area contributed by atoms with Crippen LogP contribution in [0.5, 0.6) is 5.75 Å². The van der Waals surface area contributed by atoms with Gasteiger partial charge in [0.25, 0.3) is 0 Å². The first-order chi connectivity index (χ1) is 27.8. The van der Waals surface area contributed by atoms with Crippen molar-refractivity contribution in [1.82, 2.24) is 30.0 Å². The lowest BCUT2D eigenvalue weighted by atomic mass is 9.73. The number of halogens is 2. The first-order valence-electron chi connectivity index (χ1n) is 21.7. The average molecular weight is 859 g/mol. The van der Waals surface area contributed by atoms with Crippen LogP contribution in [-0.2, 0) is 19.8 Å². The van der Waals surface area contributed by atoms with E-state index in [9.17, 15) is 19.5 Å². The minimum atomic E-state index is -0.734. The van der Waals surface area contributed by atoms with Crippen molar-refractivity contribution in [3.63, 3.8) is 0 Å². The van der Waals surface area contributed by atoms with E-state index in [2.05, 4.69) is 22.4 Å². The van der Waals surface area contributed by atoms with Crippen molar-refractivity contribution < 1.29 is 19.5 Å². The van der Waals surface area contributed by atoms with E-state index in [1.165, 1.54) is 57.1 Å². The summed E-state index contributed by atoms with van der Waals surface area (Å²) in [6.07, 6.45) is 16.4. The van der Waals surface area contributed by atoms with Gasteiger partial charge in [-0.15, -0.1) is 10.2 Å². The number of primary amides is 1. The molecule has 2 aliphatic rings. The maximum Gasteiger partial charge on any atom is 0.242 e. The van der Waals surface area contributed by atoms with Gasteiger partial charge in [-0.25, -0.2) is 4.99 Å². The number of benzene rings is 1. The molecule has 0 unspecified atom stereocenters. The fraction of sp³-hybridized carbons (Fsp3) is 0.705. The molecule has 4 rings (SSSR count). The molecule has 13 nitrogen and oxygen atoms in total. The molecule has 2 heterocycles. The Balaban J connectivity index is 1.52. The van der Waals surface area contributed by atoms with Gasteiger partial charge in [0.2, 0.25) is 23.5 Å². The molecule has 1 aromatic carbocycles. The number of aromatic hydroxyl groups is 1. The van der Waals surface area contributed by atoms with Crippen molar-refractivity contribution in [2.75, 3.05) is 26.2 Å². The zero-order valence-corrected chi connectivity index (χ0v) is 38.3. The lowest BCUT2D eigenvalue weighted by Gasteiger charge is -2.41. The van der Waals surface area contributed by atoms with E-state index in [0.29, 0.717) is 35.3 Å². The molecule has 0 atom stereocenters. The van der Waals surface area contributed by atoms with Crippen LogP contribution >= 0.6 is 23.2 Å². The van der Waals surface area contributed by atoms with Gasteiger partial charge in [-0.05, 0) is 45.2 Å². The van der Waals surface area contributed by atoms with Gasteiger partial charge in [0.1, 0.15) is 5.71 Å². The number of carbonyl (C=O) groups excluding carboxylic acids is 3. The quantitative estimate of drug-likeness (QED) is 0.0994. The number of carbonyl (C=O) groups is 3. The molecular formula is C44H69Cl2N9O4. The molecule has 2 aromatic rings. The van der Waals surface area contributed by atoms with Crippen LogP contribution in [-0.4, -0.2) is 96.7 Å². The number of fused-ring (bicyclic) bond motifs is 1. The Labute approximate surface area is 361 Å². The smallest absolute Gasteiger partial charge is 0.242 e. The Kier molecular flexibility index (Phi) is 17.4. The number of aromatic nitrogens is 3. The third-order valence-electron chi connectivity index (χ3n) is 12.2. The first-order valence-corrected chi connectivity index (χ1v) is 22.5. The van der Waals surface area contributed by atoms with Gasteiger partial charge in [-0.3, -0.25) is 14.4 Å². The molecule has 1 saturated carbocycles. The number of phenols is 1. The normalized spacial score (nSPS) is 15.7. The van der Waals surface area contributed by atoms with Gasteiger partial charge in [0, 0.05) is 29.0 Å². The standard InChI is InChI=1S/C44H69Cl2N9O4/c1-9-10-11-12-13-14-15-16-17-21-24-53(29-36(58)54(28-34(47)56)31-22-19-18-20-23-31)35(57)27-48-44(7,8)43(5,6)41-51-50-40-37(39(42(2,3)4)52-55(40)41)49-30-25-32(45)38(59)33(46)26-30/h25-26,31,48,59H,9-24,27-29H2,1-8H3,(H2,47,56). The lowest BCUT2D eigenvalue weighted by Crippen LogP contribution is -2.58. The Bertz CT molecular complexity index is 1800. The second-order valence-corrected chi connectivity index (χ2v) is 19.3. The van der Waals surface area contributed by atoms with Gasteiger partial charge in [0.15, 0.2) is 11.6 Å². The number of aliphatic imine (C=N–C) groups is 1. The summed E-state index contributed by atoms with van der Waals surface area (Å²) in [4.78, 5) is 48.3. The molecule has 1 aliphatic heterocycles. The van der Waals surface area contributed by atoms with Crippen molar-refractivity contribution in [3.05, 3.63) is 33.8 Å². The zero-order chi connectivity index (χ0) is 43.5. The number of phenolic OH excluding ortho intramolecular Hbond substituents is 1. The van der Waals surface area contributed by atoms with Gasteiger partial charge in [0.05, 0.1) is 41.1 Å². The molecule has 3 amide bonds.